The average Bonchev–Trinajstić information content (AvgIpc) is 2.80. The molecule has 1 unspecified atom stereocenters. The van der Waals surface area contributed by atoms with Crippen molar-refractivity contribution in [1.82, 2.24) is 15.6 Å². The van der Waals surface area contributed by atoms with Gasteiger partial charge in [-0.1, -0.05) is 6.07 Å². The van der Waals surface area contributed by atoms with Gasteiger partial charge < -0.3 is 25.0 Å². The first-order valence-corrected chi connectivity index (χ1v) is 10.6. The van der Waals surface area contributed by atoms with Crippen LogP contribution >= 0.6 is 0 Å². The number of methoxy groups -OCH3 is 1. The topological polar surface area (TPSA) is 71.0 Å². The number of guanidine groups is 1. The number of anilines is 1. The quantitative estimate of drug-likeness (QED) is 0.513. The largest absolute Gasteiger partial charge is 0.497 e. The summed E-state index contributed by atoms with van der Waals surface area (Å²) in [7, 11) is 3.42. The number of aromatic nitrogens is 1. The van der Waals surface area contributed by atoms with E-state index in [-0.39, 0.29) is 6.10 Å². The molecular formula is C23H33N5O2. The van der Waals surface area contributed by atoms with E-state index in [1.54, 1.807) is 14.2 Å². The van der Waals surface area contributed by atoms with E-state index in [2.05, 4.69) is 31.6 Å². The lowest BCUT2D eigenvalue weighted by atomic mass is 10.1. The smallest absolute Gasteiger partial charge is 0.191 e. The first-order valence-electron chi connectivity index (χ1n) is 10.6. The fourth-order valence-corrected chi connectivity index (χ4v) is 3.46. The van der Waals surface area contributed by atoms with E-state index in [4.69, 9.17) is 9.47 Å². The highest BCUT2D eigenvalue weighted by Crippen LogP contribution is 2.20. The molecule has 0 spiro atoms. The van der Waals surface area contributed by atoms with Crippen LogP contribution in [0, 0.1) is 0 Å². The number of aliphatic imine (C=N–C) groups is 1. The monoisotopic (exact) mass is 411 g/mol. The Morgan fingerprint density at radius 3 is 2.70 bits per heavy atom. The number of nitrogens with one attached hydrogen (secondary N) is 2. The van der Waals surface area contributed by atoms with Crippen molar-refractivity contribution in [2.45, 2.75) is 38.8 Å². The Bertz CT molecular complexity index is 821. The zero-order chi connectivity index (χ0) is 21.2. The Kier molecular flexibility index (Phi) is 8.18. The summed E-state index contributed by atoms with van der Waals surface area (Å²) in [6, 6.07) is 11.8. The van der Waals surface area contributed by atoms with Crippen LogP contribution in [0.5, 0.6) is 11.5 Å². The molecule has 1 fully saturated rings. The second-order valence-electron chi connectivity index (χ2n) is 7.48. The van der Waals surface area contributed by atoms with Crippen LogP contribution in [-0.4, -0.2) is 50.8 Å². The summed E-state index contributed by atoms with van der Waals surface area (Å²) < 4.78 is 11.2. The molecule has 0 saturated carbocycles. The van der Waals surface area contributed by atoms with Gasteiger partial charge in [0.25, 0.3) is 0 Å². The molecule has 3 rings (SSSR count). The minimum atomic E-state index is -0.0257. The maximum atomic E-state index is 5.96. The number of hydrogen-bond donors (Lipinski definition) is 2. The molecule has 0 radical (unpaired) electrons. The van der Waals surface area contributed by atoms with E-state index in [9.17, 15) is 0 Å². The highest BCUT2D eigenvalue weighted by molar-refractivity contribution is 5.79. The summed E-state index contributed by atoms with van der Waals surface area (Å²) in [6.07, 6.45) is 5.68. The SMILES string of the molecule is CN=C(NCc1ccnc(N2CCCCC2)c1)NCC(C)Oc1cccc(OC)c1. The summed E-state index contributed by atoms with van der Waals surface area (Å²) in [4.78, 5) is 11.2. The highest BCUT2D eigenvalue weighted by Gasteiger charge is 2.12. The maximum absolute atomic E-state index is 5.96. The highest BCUT2D eigenvalue weighted by atomic mass is 16.5. The summed E-state index contributed by atoms with van der Waals surface area (Å²) in [5.74, 6) is 3.38. The normalized spacial score (nSPS) is 15.4. The number of nitrogens with zero attached hydrogens (tertiary/aromatic N) is 3. The van der Waals surface area contributed by atoms with E-state index in [1.807, 2.05) is 43.5 Å². The lowest BCUT2D eigenvalue weighted by Crippen LogP contribution is -2.41. The van der Waals surface area contributed by atoms with Gasteiger partial charge in [0.05, 0.1) is 13.7 Å². The summed E-state index contributed by atoms with van der Waals surface area (Å²) >= 11 is 0. The molecule has 0 bridgehead atoms. The number of rotatable bonds is 8. The van der Waals surface area contributed by atoms with Crippen LogP contribution in [0.25, 0.3) is 0 Å². The Labute approximate surface area is 179 Å². The predicted molar refractivity (Wildman–Crippen MR) is 122 cm³/mol. The lowest BCUT2D eigenvalue weighted by molar-refractivity contribution is 0.223. The van der Waals surface area contributed by atoms with Crippen LogP contribution in [0.4, 0.5) is 5.82 Å². The van der Waals surface area contributed by atoms with Gasteiger partial charge in [-0.05, 0) is 56.0 Å². The Morgan fingerprint density at radius 1 is 1.13 bits per heavy atom. The Balaban J connectivity index is 1.46. The molecule has 0 aliphatic carbocycles. The third-order valence-corrected chi connectivity index (χ3v) is 5.11. The second kappa shape index (κ2) is 11.3. The van der Waals surface area contributed by atoms with Crippen molar-refractivity contribution in [3.05, 3.63) is 48.2 Å². The number of hydrogen-bond acceptors (Lipinski definition) is 5. The third kappa shape index (κ3) is 6.54. The van der Waals surface area contributed by atoms with Gasteiger partial charge in [0.1, 0.15) is 23.4 Å². The Morgan fingerprint density at radius 2 is 1.93 bits per heavy atom. The third-order valence-electron chi connectivity index (χ3n) is 5.11. The zero-order valence-corrected chi connectivity index (χ0v) is 18.2. The number of piperidine rings is 1. The first-order chi connectivity index (χ1) is 14.7. The molecule has 2 aromatic rings. The van der Waals surface area contributed by atoms with Gasteiger partial charge in [0.2, 0.25) is 0 Å². The molecule has 0 amide bonds. The minimum Gasteiger partial charge on any atom is -0.497 e. The van der Waals surface area contributed by atoms with Gasteiger partial charge in [-0.25, -0.2) is 4.98 Å². The van der Waals surface area contributed by atoms with Crippen molar-refractivity contribution in [3.8, 4) is 11.5 Å². The number of ether oxygens (including phenoxy) is 2. The molecule has 1 atom stereocenters. The van der Waals surface area contributed by atoms with E-state index in [0.717, 1.165) is 36.4 Å². The predicted octanol–water partition coefficient (Wildman–Crippen LogP) is 3.21. The second-order valence-corrected chi connectivity index (χ2v) is 7.48. The minimum absolute atomic E-state index is 0.0257. The van der Waals surface area contributed by atoms with Crippen LogP contribution in [-0.2, 0) is 6.54 Å². The van der Waals surface area contributed by atoms with Crippen molar-refractivity contribution in [2.75, 3.05) is 38.7 Å². The van der Waals surface area contributed by atoms with Gasteiger partial charge in [0.15, 0.2) is 5.96 Å². The first kappa shape index (κ1) is 21.7. The van der Waals surface area contributed by atoms with Crippen molar-refractivity contribution in [3.63, 3.8) is 0 Å². The summed E-state index contributed by atoms with van der Waals surface area (Å²) in [6.45, 7) is 5.53. The van der Waals surface area contributed by atoms with Crippen LogP contribution in [0.3, 0.4) is 0 Å². The van der Waals surface area contributed by atoms with Gasteiger partial charge in [-0.15, -0.1) is 0 Å². The van der Waals surface area contributed by atoms with Crippen LogP contribution in [0.1, 0.15) is 31.7 Å². The van der Waals surface area contributed by atoms with Gasteiger partial charge in [-0.3, -0.25) is 4.99 Å². The van der Waals surface area contributed by atoms with Crippen LogP contribution in [0.2, 0.25) is 0 Å². The standard InChI is InChI=1S/C23H33N5O2/c1-18(30-21-9-7-8-20(15-21)29-3)16-26-23(24-2)27-17-19-10-11-25-22(14-19)28-12-5-4-6-13-28/h7-11,14-15,18H,4-6,12-13,16-17H2,1-3H3,(H2,24,26,27). The van der Waals surface area contributed by atoms with E-state index < -0.39 is 0 Å². The van der Waals surface area contributed by atoms with Crippen molar-refractivity contribution >= 4 is 11.8 Å². The van der Waals surface area contributed by atoms with E-state index >= 15 is 0 Å². The molecule has 2 heterocycles. The van der Waals surface area contributed by atoms with Crippen molar-refractivity contribution < 1.29 is 9.47 Å². The molecule has 1 aliphatic rings. The molecule has 2 N–H and O–H groups in total. The number of benzene rings is 1. The molecular weight excluding hydrogens is 378 g/mol. The molecule has 1 aromatic carbocycles. The van der Waals surface area contributed by atoms with Gasteiger partial charge in [0, 0.05) is 38.9 Å². The molecule has 162 valence electrons. The van der Waals surface area contributed by atoms with Crippen LogP contribution in [0.15, 0.2) is 47.6 Å². The lowest BCUT2D eigenvalue weighted by Gasteiger charge is -2.28. The summed E-state index contributed by atoms with van der Waals surface area (Å²) in [5, 5.41) is 6.69. The molecule has 1 saturated heterocycles. The van der Waals surface area contributed by atoms with Crippen LogP contribution < -0.4 is 25.0 Å². The van der Waals surface area contributed by atoms with E-state index in [1.165, 1.54) is 24.8 Å². The molecule has 7 heteroatoms. The van der Waals surface area contributed by atoms with Crippen molar-refractivity contribution in [2.24, 2.45) is 4.99 Å². The molecule has 30 heavy (non-hydrogen) atoms. The fraction of sp³-hybridized carbons (Fsp3) is 0.478. The van der Waals surface area contributed by atoms with Gasteiger partial charge >= 0.3 is 0 Å². The molecule has 1 aromatic heterocycles. The Hall–Kier alpha value is -2.96. The van der Waals surface area contributed by atoms with E-state index in [0.29, 0.717) is 13.1 Å². The van der Waals surface area contributed by atoms with Gasteiger partial charge in [-0.2, -0.15) is 0 Å². The zero-order valence-electron chi connectivity index (χ0n) is 18.2. The number of pyridine rings is 1. The summed E-state index contributed by atoms with van der Waals surface area (Å²) in [5.41, 5.74) is 1.19. The average molecular weight is 412 g/mol. The maximum Gasteiger partial charge on any atom is 0.191 e. The molecule has 1 aliphatic heterocycles. The molecule has 7 nitrogen and oxygen atoms in total. The van der Waals surface area contributed by atoms with Crippen molar-refractivity contribution in [1.29, 1.82) is 0 Å². The fourth-order valence-electron chi connectivity index (χ4n) is 3.46.